The average Bonchev–Trinajstić information content (AvgIpc) is 2.88. The third kappa shape index (κ3) is 2.09. The molecule has 0 spiro atoms. The predicted molar refractivity (Wildman–Crippen MR) is 94.4 cm³/mol. The molecule has 7 atom stereocenters. The number of aliphatic hydroxyl groups is 2. The Labute approximate surface area is 158 Å². The van der Waals surface area contributed by atoms with Gasteiger partial charge in [-0.2, -0.15) is 0 Å². The number of fused-ring (bicyclic) bond motifs is 5. The van der Waals surface area contributed by atoms with Gasteiger partial charge in [-0.3, -0.25) is 9.59 Å². The Balaban J connectivity index is 1.80. The number of ketones is 2. The van der Waals surface area contributed by atoms with Crippen molar-refractivity contribution >= 4 is 11.6 Å². The van der Waals surface area contributed by atoms with Gasteiger partial charge < -0.3 is 10.2 Å². The number of carbonyl (C=O) groups excluding carboxylic acids is 2. The highest BCUT2D eigenvalue weighted by Gasteiger charge is 2.74. The first-order valence-corrected chi connectivity index (χ1v) is 9.97. The van der Waals surface area contributed by atoms with E-state index in [0.29, 0.717) is 25.7 Å². The minimum atomic E-state index is -1.91. The molecule has 3 saturated carbocycles. The zero-order valence-corrected chi connectivity index (χ0v) is 15.9. The van der Waals surface area contributed by atoms with E-state index in [1.54, 1.807) is 19.9 Å². The number of halogens is 2. The SMILES string of the molecule is CC12CCC(=O)C=C1CCC1C3CCC(O)(C(=O)CF)C3(C)CC(O)C12F. The second-order valence-corrected chi connectivity index (χ2v) is 9.58. The van der Waals surface area contributed by atoms with Crippen LogP contribution in [0.2, 0.25) is 0 Å². The highest BCUT2D eigenvalue weighted by atomic mass is 19.1. The molecule has 6 heteroatoms. The molecule has 27 heavy (non-hydrogen) atoms. The molecule has 0 aliphatic heterocycles. The summed E-state index contributed by atoms with van der Waals surface area (Å²) < 4.78 is 29.9. The van der Waals surface area contributed by atoms with E-state index in [9.17, 15) is 24.2 Å². The van der Waals surface area contributed by atoms with Gasteiger partial charge in [-0.25, -0.2) is 8.78 Å². The van der Waals surface area contributed by atoms with Crippen molar-refractivity contribution in [3.63, 3.8) is 0 Å². The van der Waals surface area contributed by atoms with Crippen molar-refractivity contribution in [3.05, 3.63) is 11.6 Å². The lowest BCUT2D eigenvalue weighted by molar-refractivity contribution is -0.226. The molecule has 0 radical (unpaired) electrons. The van der Waals surface area contributed by atoms with Gasteiger partial charge in [0, 0.05) is 23.2 Å². The first kappa shape index (κ1) is 19.2. The van der Waals surface area contributed by atoms with Gasteiger partial charge in [-0.05, 0) is 50.5 Å². The van der Waals surface area contributed by atoms with Gasteiger partial charge in [-0.15, -0.1) is 0 Å². The molecule has 2 N–H and O–H groups in total. The van der Waals surface area contributed by atoms with Crippen molar-refractivity contribution in [1.82, 2.24) is 0 Å². The van der Waals surface area contributed by atoms with Crippen LogP contribution in [0.15, 0.2) is 11.6 Å². The van der Waals surface area contributed by atoms with Gasteiger partial charge in [0.15, 0.2) is 18.2 Å². The lowest BCUT2D eigenvalue weighted by Crippen LogP contribution is -2.69. The Morgan fingerprint density at radius 1 is 1.22 bits per heavy atom. The molecule has 0 aromatic carbocycles. The third-order valence-electron chi connectivity index (χ3n) is 8.78. The monoisotopic (exact) mass is 382 g/mol. The first-order valence-electron chi connectivity index (χ1n) is 9.97. The van der Waals surface area contributed by atoms with Crippen molar-refractivity contribution in [1.29, 1.82) is 0 Å². The quantitative estimate of drug-likeness (QED) is 0.770. The molecule has 0 amide bonds. The maximum absolute atomic E-state index is 16.8. The van der Waals surface area contributed by atoms with Gasteiger partial charge in [-0.1, -0.05) is 19.4 Å². The molecule has 4 nitrogen and oxygen atoms in total. The van der Waals surface area contributed by atoms with E-state index in [2.05, 4.69) is 0 Å². The molecule has 3 fully saturated rings. The number of hydrogen-bond acceptors (Lipinski definition) is 4. The number of alkyl halides is 2. The van der Waals surface area contributed by atoms with E-state index in [4.69, 9.17) is 0 Å². The van der Waals surface area contributed by atoms with Crippen LogP contribution in [-0.2, 0) is 9.59 Å². The minimum absolute atomic E-state index is 0.00319. The fraction of sp³-hybridized carbons (Fsp3) is 0.810. The lowest BCUT2D eigenvalue weighted by Gasteiger charge is -2.63. The molecule has 4 rings (SSSR count). The summed E-state index contributed by atoms with van der Waals surface area (Å²) in [6, 6.07) is 0. The summed E-state index contributed by atoms with van der Waals surface area (Å²) in [5.41, 5.74) is -4.96. The molecule has 0 saturated heterocycles. The van der Waals surface area contributed by atoms with E-state index in [1.807, 2.05) is 0 Å². The summed E-state index contributed by atoms with van der Waals surface area (Å²) in [6.07, 6.45) is 2.31. The molecule has 0 bridgehead atoms. The molecule has 0 aromatic rings. The second kappa shape index (κ2) is 5.69. The van der Waals surface area contributed by atoms with E-state index in [0.717, 1.165) is 5.57 Å². The predicted octanol–water partition coefficient (Wildman–Crippen LogP) is 2.85. The lowest BCUT2D eigenvalue weighted by atomic mass is 9.44. The Morgan fingerprint density at radius 2 is 1.93 bits per heavy atom. The second-order valence-electron chi connectivity index (χ2n) is 9.58. The first-order chi connectivity index (χ1) is 12.5. The number of rotatable bonds is 2. The largest absolute Gasteiger partial charge is 0.390 e. The summed E-state index contributed by atoms with van der Waals surface area (Å²) in [4.78, 5) is 24.1. The molecular formula is C21H28F2O4. The van der Waals surface area contributed by atoms with E-state index >= 15 is 4.39 Å². The Kier molecular flexibility index (Phi) is 4.05. The van der Waals surface area contributed by atoms with E-state index in [-0.39, 0.29) is 31.0 Å². The van der Waals surface area contributed by atoms with Crippen LogP contribution >= 0.6 is 0 Å². The van der Waals surface area contributed by atoms with Crippen LogP contribution in [0.4, 0.5) is 8.78 Å². The summed E-state index contributed by atoms with van der Waals surface area (Å²) in [7, 11) is 0. The maximum Gasteiger partial charge on any atom is 0.195 e. The van der Waals surface area contributed by atoms with Gasteiger partial charge in [0.25, 0.3) is 0 Å². The third-order valence-corrected chi connectivity index (χ3v) is 8.78. The molecule has 150 valence electrons. The molecule has 0 aromatic heterocycles. The van der Waals surface area contributed by atoms with Gasteiger partial charge in [0.2, 0.25) is 0 Å². The van der Waals surface area contributed by atoms with Gasteiger partial charge in [0.05, 0.1) is 6.10 Å². The van der Waals surface area contributed by atoms with Crippen LogP contribution in [-0.4, -0.2) is 45.8 Å². The Hall–Kier alpha value is -1.14. The highest BCUT2D eigenvalue weighted by Crippen LogP contribution is 2.70. The summed E-state index contributed by atoms with van der Waals surface area (Å²) in [5.74, 6) is -1.69. The standard InChI is InChI=1S/C21H28F2O4/c1-18-7-5-13(24)9-12(18)3-4-15-14-6-8-20(27,17(26)11-22)19(14,2)10-16(25)21(15,18)23/h9,14-16,25,27H,3-8,10-11H2,1-2H3. The maximum atomic E-state index is 16.8. The van der Waals surface area contributed by atoms with Crippen LogP contribution in [0.5, 0.6) is 0 Å². The number of allylic oxidation sites excluding steroid dienone is 1. The Bertz CT molecular complexity index is 736. The Morgan fingerprint density at radius 3 is 2.59 bits per heavy atom. The fourth-order valence-electron chi connectivity index (χ4n) is 7.14. The number of aliphatic hydroxyl groups excluding tert-OH is 1. The number of hydrogen-bond donors (Lipinski definition) is 2. The summed E-state index contributed by atoms with van der Waals surface area (Å²) in [5, 5.41) is 22.1. The normalized spacial score (nSPS) is 51.9. The molecule has 4 aliphatic rings. The van der Waals surface area contributed by atoms with Gasteiger partial charge >= 0.3 is 0 Å². The molecule has 0 heterocycles. The van der Waals surface area contributed by atoms with Crippen LogP contribution < -0.4 is 0 Å². The average molecular weight is 382 g/mol. The van der Waals surface area contributed by atoms with Crippen LogP contribution in [0.3, 0.4) is 0 Å². The summed E-state index contributed by atoms with van der Waals surface area (Å²) in [6.45, 7) is 2.25. The zero-order chi connectivity index (χ0) is 19.8. The molecule has 7 unspecified atom stereocenters. The smallest absolute Gasteiger partial charge is 0.195 e. The van der Waals surface area contributed by atoms with Crippen LogP contribution in [0.1, 0.15) is 58.8 Å². The fourth-order valence-corrected chi connectivity index (χ4v) is 7.14. The van der Waals surface area contributed by atoms with E-state index < -0.39 is 46.6 Å². The van der Waals surface area contributed by atoms with Crippen molar-refractivity contribution in [2.45, 2.75) is 76.2 Å². The van der Waals surface area contributed by atoms with Crippen LogP contribution in [0.25, 0.3) is 0 Å². The number of carbonyl (C=O) groups is 2. The van der Waals surface area contributed by atoms with Gasteiger partial charge in [0.1, 0.15) is 11.3 Å². The van der Waals surface area contributed by atoms with E-state index in [1.165, 1.54) is 0 Å². The van der Waals surface area contributed by atoms with Crippen molar-refractivity contribution in [3.8, 4) is 0 Å². The molecule has 4 aliphatic carbocycles. The number of Topliss-reactive ketones (excluding diaryl/α,β-unsaturated/α-hetero) is 1. The minimum Gasteiger partial charge on any atom is -0.390 e. The molecular weight excluding hydrogens is 354 g/mol. The van der Waals surface area contributed by atoms with Crippen molar-refractivity contribution in [2.75, 3.05) is 6.67 Å². The van der Waals surface area contributed by atoms with Crippen LogP contribution in [0, 0.1) is 22.7 Å². The highest BCUT2D eigenvalue weighted by molar-refractivity contribution is 5.92. The summed E-state index contributed by atoms with van der Waals surface area (Å²) >= 11 is 0. The topological polar surface area (TPSA) is 74.6 Å². The van der Waals surface area contributed by atoms with Crippen molar-refractivity contribution < 1.29 is 28.6 Å². The van der Waals surface area contributed by atoms with Crippen molar-refractivity contribution in [2.24, 2.45) is 22.7 Å². The zero-order valence-electron chi connectivity index (χ0n) is 15.9.